The molecular formula is C21H15F6NO. The molecule has 8 heteroatoms. The third-order valence-electron chi connectivity index (χ3n) is 4.33. The van der Waals surface area contributed by atoms with Crippen molar-refractivity contribution in [3.05, 3.63) is 90.0 Å². The molecule has 0 saturated heterocycles. The van der Waals surface area contributed by atoms with Gasteiger partial charge in [0.15, 0.2) is 0 Å². The third-order valence-corrected chi connectivity index (χ3v) is 4.33. The maximum atomic E-state index is 16.0. The summed E-state index contributed by atoms with van der Waals surface area (Å²) in [6, 6.07) is 15.6. The van der Waals surface area contributed by atoms with Crippen molar-refractivity contribution >= 4 is 5.69 Å². The molecule has 0 aliphatic rings. The van der Waals surface area contributed by atoms with Crippen LogP contribution < -0.4 is 10.5 Å². The molecule has 29 heavy (non-hydrogen) atoms. The van der Waals surface area contributed by atoms with Crippen LogP contribution in [0.3, 0.4) is 0 Å². The topological polar surface area (TPSA) is 35.2 Å². The first-order valence-corrected chi connectivity index (χ1v) is 8.39. The van der Waals surface area contributed by atoms with Crippen LogP contribution in [-0.4, -0.2) is 12.1 Å². The Hall–Kier alpha value is -3.16. The van der Waals surface area contributed by atoms with Gasteiger partial charge in [-0.25, -0.2) is 4.39 Å². The first kappa shape index (κ1) is 20.6. The van der Waals surface area contributed by atoms with E-state index in [4.69, 9.17) is 10.5 Å². The molecule has 0 bridgehead atoms. The van der Waals surface area contributed by atoms with Crippen LogP contribution in [0.25, 0.3) is 0 Å². The van der Waals surface area contributed by atoms with Gasteiger partial charge >= 0.3 is 12.1 Å². The first-order chi connectivity index (χ1) is 13.6. The minimum atomic E-state index is -6.15. The van der Waals surface area contributed by atoms with E-state index in [-0.39, 0.29) is 5.75 Å². The number of nitrogen functional groups attached to an aromatic ring is 1. The molecule has 3 aromatic rings. The van der Waals surface area contributed by atoms with Gasteiger partial charge in [0, 0.05) is 16.8 Å². The van der Waals surface area contributed by atoms with Crippen LogP contribution in [0.4, 0.5) is 32.0 Å². The molecule has 0 amide bonds. The Morgan fingerprint density at radius 2 is 1.21 bits per heavy atom. The van der Waals surface area contributed by atoms with Crippen molar-refractivity contribution in [3.63, 3.8) is 0 Å². The molecule has 152 valence electrons. The number of nitrogens with two attached hydrogens (primary N) is 1. The zero-order chi connectivity index (χ0) is 21.3. The van der Waals surface area contributed by atoms with Crippen LogP contribution in [-0.2, 0) is 5.67 Å². The molecular weight excluding hydrogens is 396 g/mol. The quantitative estimate of drug-likeness (QED) is 0.386. The molecule has 0 fully saturated rings. The maximum absolute atomic E-state index is 16.0. The first-order valence-electron chi connectivity index (χ1n) is 8.39. The molecule has 2 nitrogen and oxygen atoms in total. The molecule has 3 aromatic carbocycles. The van der Waals surface area contributed by atoms with E-state index in [1.165, 1.54) is 48.5 Å². The largest absolute Gasteiger partial charge is 0.457 e. The summed E-state index contributed by atoms with van der Waals surface area (Å²) >= 11 is 0. The van der Waals surface area contributed by atoms with Crippen molar-refractivity contribution in [1.29, 1.82) is 0 Å². The van der Waals surface area contributed by atoms with E-state index < -0.39 is 34.6 Å². The number of hydrogen-bond donors (Lipinski definition) is 1. The van der Waals surface area contributed by atoms with Crippen LogP contribution in [0.15, 0.2) is 78.9 Å². The minimum absolute atomic E-state index is 0.0948. The number of hydrogen-bond acceptors (Lipinski definition) is 2. The average molecular weight is 411 g/mol. The van der Waals surface area contributed by atoms with Crippen LogP contribution >= 0.6 is 0 Å². The van der Waals surface area contributed by atoms with E-state index in [0.717, 1.165) is 30.3 Å². The van der Waals surface area contributed by atoms with E-state index >= 15 is 4.39 Å². The van der Waals surface area contributed by atoms with Gasteiger partial charge in [-0.05, 0) is 30.3 Å². The summed E-state index contributed by atoms with van der Waals surface area (Å²) in [5, 5.41) is 0. The lowest BCUT2D eigenvalue weighted by Gasteiger charge is -2.36. The van der Waals surface area contributed by atoms with E-state index in [9.17, 15) is 22.0 Å². The number of anilines is 1. The van der Waals surface area contributed by atoms with Gasteiger partial charge in [0.05, 0.1) is 0 Å². The fraction of sp³-hybridized carbons (Fsp3) is 0.143. The highest BCUT2D eigenvalue weighted by Gasteiger charge is 2.73. The molecule has 0 aliphatic heterocycles. The van der Waals surface area contributed by atoms with E-state index in [1.807, 2.05) is 0 Å². The lowest BCUT2D eigenvalue weighted by Crippen LogP contribution is -2.53. The van der Waals surface area contributed by atoms with Crippen molar-refractivity contribution in [2.75, 3.05) is 5.73 Å². The highest BCUT2D eigenvalue weighted by molar-refractivity contribution is 5.50. The second-order valence-corrected chi connectivity index (χ2v) is 6.26. The number of para-hydroxylation sites is 1. The molecule has 0 aliphatic carbocycles. The smallest absolute Gasteiger partial charge is 0.457 e. The fourth-order valence-electron chi connectivity index (χ4n) is 2.87. The molecule has 1 atom stereocenters. The Morgan fingerprint density at radius 3 is 1.79 bits per heavy atom. The van der Waals surface area contributed by atoms with Gasteiger partial charge in [-0.3, -0.25) is 0 Å². The van der Waals surface area contributed by atoms with Crippen molar-refractivity contribution in [2.24, 2.45) is 0 Å². The van der Waals surface area contributed by atoms with Gasteiger partial charge in [-0.15, -0.1) is 0 Å². The molecule has 0 saturated carbocycles. The number of benzene rings is 3. The molecule has 1 unspecified atom stereocenters. The molecule has 0 spiro atoms. The monoisotopic (exact) mass is 411 g/mol. The summed E-state index contributed by atoms with van der Waals surface area (Å²) in [4.78, 5) is 0. The van der Waals surface area contributed by atoms with Crippen molar-refractivity contribution in [3.8, 4) is 11.5 Å². The SMILES string of the molecule is Nc1ccc(Oc2ccccc2C(F)(c2ccccc2)C(F)(F)C(F)(F)F)cc1. The summed E-state index contributed by atoms with van der Waals surface area (Å²) in [7, 11) is 0. The van der Waals surface area contributed by atoms with Crippen molar-refractivity contribution < 1.29 is 31.1 Å². The summed E-state index contributed by atoms with van der Waals surface area (Å²) in [5.41, 5.74) is -0.0821. The van der Waals surface area contributed by atoms with Gasteiger partial charge in [-0.1, -0.05) is 48.5 Å². The normalized spacial score (nSPS) is 14.3. The Labute approximate surface area is 162 Å². The van der Waals surface area contributed by atoms with E-state index in [2.05, 4.69) is 0 Å². The van der Waals surface area contributed by atoms with Gasteiger partial charge in [0.2, 0.25) is 5.67 Å². The number of halogens is 6. The molecule has 0 heterocycles. The number of rotatable bonds is 5. The Kier molecular flexibility index (Phi) is 5.21. The summed E-state index contributed by atoms with van der Waals surface area (Å²) < 4.78 is 90.3. The Balaban J connectivity index is 2.21. The third kappa shape index (κ3) is 3.62. The van der Waals surface area contributed by atoms with Gasteiger partial charge in [0.1, 0.15) is 11.5 Å². The van der Waals surface area contributed by atoms with Crippen molar-refractivity contribution in [2.45, 2.75) is 17.8 Å². The number of ether oxygens (including phenoxy) is 1. The zero-order valence-electron chi connectivity index (χ0n) is 14.8. The Bertz CT molecular complexity index is 972. The predicted molar refractivity (Wildman–Crippen MR) is 96.7 cm³/mol. The van der Waals surface area contributed by atoms with Gasteiger partial charge in [-0.2, -0.15) is 22.0 Å². The van der Waals surface area contributed by atoms with Crippen LogP contribution in [0.5, 0.6) is 11.5 Å². The maximum Gasteiger partial charge on any atom is 0.457 e. The summed E-state index contributed by atoms with van der Waals surface area (Å²) in [5.74, 6) is -6.12. The molecule has 3 rings (SSSR count). The van der Waals surface area contributed by atoms with Crippen molar-refractivity contribution in [1.82, 2.24) is 0 Å². The average Bonchev–Trinajstić information content (AvgIpc) is 2.69. The van der Waals surface area contributed by atoms with Crippen LogP contribution in [0, 0.1) is 0 Å². The van der Waals surface area contributed by atoms with Crippen LogP contribution in [0.2, 0.25) is 0 Å². The lowest BCUT2D eigenvalue weighted by atomic mass is 9.81. The molecule has 0 radical (unpaired) electrons. The Morgan fingerprint density at radius 1 is 0.655 bits per heavy atom. The lowest BCUT2D eigenvalue weighted by molar-refractivity contribution is -0.323. The highest BCUT2D eigenvalue weighted by Crippen LogP contribution is 2.56. The van der Waals surface area contributed by atoms with Gasteiger partial charge < -0.3 is 10.5 Å². The predicted octanol–water partition coefficient (Wildman–Crippen LogP) is 6.47. The zero-order valence-corrected chi connectivity index (χ0v) is 14.8. The summed E-state index contributed by atoms with van der Waals surface area (Å²) in [6.45, 7) is 0. The standard InChI is InChI=1S/C21H15F6NO/c22-19(14-6-2-1-3-7-14,20(23,24)21(25,26)27)17-8-4-5-9-18(17)29-16-12-10-15(28)11-13-16/h1-13H,28H2. The van der Waals surface area contributed by atoms with Gasteiger partial charge in [0.25, 0.3) is 0 Å². The van der Waals surface area contributed by atoms with Crippen LogP contribution in [0.1, 0.15) is 11.1 Å². The van der Waals surface area contributed by atoms with E-state index in [1.54, 1.807) is 0 Å². The molecule has 2 N–H and O–H groups in total. The summed E-state index contributed by atoms with van der Waals surface area (Å²) in [6.07, 6.45) is -6.15. The minimum Gasteiger partial charge on any atom is -0.457 e. The second-order valence-electron chi connectivity index (χ2n) is 6.26. The molecule has 0 aromatic heterocycles. The van der Waals surface area contributed by atoms with E-state index in [0.29, 0.717) is 5.69 Å². The fourth-order valence-corrected chi connectivity index (χ4v) is 2.87. The number of alkyl halides is 6. The second kappa shape index (κ2) is 7.35. The highest BCUT2D eigenvalue weighted by atomic mass is 19.4.